The maximum absolute atomic E-state index is 9.39. The van der Waals surface area contributed by atoms with E-state index in [1.54, 1.807) is 12.1 Å². The number of nitrogens with one attached hydrogen (secondary N) is 1. The van der Waals surface area contributed by atoms with Crippen LogP contribution >= 0.6 is 0 Å². The summed E-state index contributed by atoms with van der Waals surface area (Å²) in [6.07, 6.45) is 5.01. The van der Waals surface area contributed by atoms with Crippen molar-refractivity contribution >= 4 is 5.69 Å². The lowest BCUT2D eigenvalue weighted by Crippen LogP contribution is -2.36. The van der Waals surface area contributed by atoms with E-state index in [9.17, 15) is 5.11 Å². The highest BCUT2D eigenvalue weighted by atomic mass is 16.3. The highest BCUT2D eigenvalue weighted by molar-refractivity contribution is 5.54. The molecular formula is C14H22N2O. The van der Waals surface area contributed by atoms with E-state index in [-0.39, 0.29) is 0 Å². The maximum Gasteiger partial charge on any atom is 0.115 e. The van der Waals surface area contributed by atoms with Crippen molar-refractivity contribution in [1.82, 2.24) is 0 Å². The summed E-state index contributed by atoms with van der Waals surface area (Å²) in [6.45, 7) is 2.77. The molecule has 0 saturated heterocycles. The number of aromatic hydroxyl groups is 1. The minimum atomic E-state index is 0.326. The fourth-order valence-electron chi connectivity index (χ4n) is 2.69. The number of rotatable bonds is 3. The molecule has 2 rings (SSSR count). The SMILES string of the molecule is Cc1cc(O)ccc1NC1CCCCC1CN. The number of hydrogen-bond acceptors (Lipinski definition) is 3. The first-order valence-corrected chi connectivity index (χ1v) is 6.47. The van der Waals surface area contributed by atoms with Crippen molar-refractivity contribution < 1.29 is 5.11 Å². The monoisotopic (exact) mass is 234 g/mol. The summed E-state index contributed by atoms with van der Waals surface area (Å²) in [5.74, 6) is 0.907. The molecule has 0 aliphatic heterocycles. The number of benzene rings is 1. The van der Waals surface area contributed by atoms with E-state index in [0.29, 0.717) is 17.7 Å². The minimum Gasteiger partial charge on any atom is -0.508 e. The van der Waals surface area contributed by atoms with Gasteiger partial charge in [0.25, 0.3) is 0 Å². The second-order valence-corrected chi connectivity index (χ2v) is 5.03. The van der Waals surface area contributed by atoms with Gasteiger partial charge >= 0.3 is 0 Å². The largest absolute Gasteiger partial charge is 0.508 e. The molecule has 0 aromatic heterocycles. The standard InChI is InChI=1S/C14H22N2O/c1-10-8-12(17)6-7-13(10)16-14-5-3-2-4-11(14)9-15/h6-8,11,14,16-17H,2-5,9,15H2,1H3. The van der Waals surface area contributed by atoms with Gasteiger partial charge in [-0.3, -0.25) is 0 Å². The third kappa shape index (κ3) is 2.91. The molecule has 0 radical (unpaired) electrons. The van der Waals surface area contributed by atoms with E-state index in [0.717, 1.165) is 17.8 Å². The van der Waals surface area contributed by atoms with Gasteiger partial charge < -0.3 is 16.2 Å². The van der Waals surface area contributed by atoms with Crippen molar-refractivity contribution in [3.8, 4) is 5.75 Å². The van der Waals surface area contributed by atoms with Crippen LogP contribution in [0.15, 0.2) is 18.2 Å². The van der Waals surface area contributed by atoms with Crippen LogP contribution in [0, 0.1) is 12.8 Å². The zero-order valence-corrected chi connectivity index (χ0v) is 10.4. The van der Waals surface area contributed by atoms with Crippen molar-refractivity contribution in [3.63, 3.8) is 0 Å². The number of phenols is 1. The summed E-state index contributed by atoms with van der Waals surface area (Å²) in [5, 5.41) is 13.0. The van der Waals surface area contributed by atoms with Gasteiger partial charge in [0.15, 0.2) is 0 Å². The molecule has 3 nitrogen and oxygen atoms in total. The molecular weight excluding hydrogens is 212 g/mol. The van der Waals surface area contributed by atoms with E-state index >= 15 is 0 Å². The summed E-state index contributed by atoms with van der Waals surface area (Å²) < 4.78 is 0. The van der Waals surface area contributed by atoms with Gasteiger partial charge in [0.2, 0.25) is 0 Å². The Kier molecular flexibility index (Phi) is 3.89. The lowest BCUT2D eigenvalue weighted by Gasteiger charge is -2.32. The lowest BCUT2D eigenvalue weighted by molar-refractivity contribution is 0.332. The third-order valence-corrected chi connectivity index (χ3v) is 3.76. The smallest absolute Gasteiger partial charge is 0.115 e. The Labute approximate surface area is 103 Å². The molecule has 1 aliphatic carbocycles. The summed E-state index contributed by atoms with van der Waals surface area (Å²) in [4.78, 5) is 0. The zero-order chi connectivity index (χ0) is 12.3. The number of anilines is 1. The maximum atomic E-state index is 9.39. The number of aryl methyl sites for hydroxylation is 1. The molecule has 3 heteroatoms. The first-order valence-electron chi connectivity index (χ1n) is 6.47. The Bertz CT molecular complexity index is 378. The summed E-state index contributed by atoms with van der Waals surface area (Å²) in [7, 11) is 0. The molecule has 4 N–H and O–H groups in total. The fraction of sp³-hybridized carbons (Fsp3) is 0.571. The van der Waals surface area contributed by atoms with E-state index in [1.165, 1.54) is 25.7 Å². The molecule has 1 fully saturated rings. The molecule has 0 bridgehead atoms. The van der Waals surface area contributed by atoms with Gasteiger partial charge in [-0.05, 0) is 56.0 Å². The van der Waals surface area contributed by atoms with Crippen LogP contribution in [0.2, 0.25) is 0 Å². The van der Waals surface area contributed by atoms with Crippen molar-refractivity contribution in [2.24, 2.45) is 11.7 Å². The first-order chi connectivity index (χ1) is 8.20. The van der Waals surface area contributed by atoms with Crippen LogP contribution in [0.4, 0.5) is 5.69 Å². The normalized spacial score (nSPS) is 24.6. The van der Waals surface area contributed by atoms with Crippen LogP contribution in [-0.2, 0) is 0 Å². The van der Waals surface area contributed by atoms with Crippen molar-refractivity contribution in [2.45, 2.75) is 38.6 Å². The summed E-state index contributed by atoms with van der Waals surface area (Å²) >= 11 is 0. The van der Waals surface area contributed by atoms with Crippen LogP contribution in [0.5, 0.6) is 5.75 Å². The summed E-state index contributed by atoms with van der Waals surface area (Å²) in [6, 6.07) is 5.96. The number of hydrogen-bond donors (Lipinski definition) is 3. The topological polar surface area (TPSA) is 58.3 Å². The second-order valence-electron chi connectivity index (χ2n) is 5.03. The molecule has 1 aliphatic rings. The van der Waals surface area contributed by atoms with Gasteiger partial charge in [0.1, 0.15) is 5.75 Å². The van der Waals surface area contributed by atoms with Crippen LogP contribution in [0.25, 0.3) is 0 Å². The molecule has 2 unspecified atom stereocenters. The average molecular weight is 234 g/mol. The molecule has 0 amide bonds. The molecule has 1 saturated carbocycles. The van der Waals surface area contributed by atoms with E-state index in [4.69, 9.17) is 5.73 Å². The Balaban J connectivity index is 2.08. The predicted octanol–water partition coefficient (Wildman–Crippen LogP) is 2.63. The molecule has 2 atom stereocenters. The highest BCUT2D eigenvalue weighted by Crippen LogP contribution is 2.28. The molecule has 0 heterocycles. The van der Waals surface area contributed by atoms with Gasteiger partial charge in [-0.2, -0.15) is 0 Å². The lowest BCUT2D eigenvalue weighted by atomic mass is 9.84. The fourth-order valence-corrected chi connectivity index (χ4v) is 2.69. The van der Waals surface area contributed by atoms with Crippen molar-refractivity contribution in [3.05, 3.63) is 23.8 Å². The van der Waals surface area contributed by atoms with E-state index in [2.05, 4.69) is 5.32 Å². The second kappa shape index (κ2) is 5.41. The Hall–Kier alpha value is -1.22. The van der Waals surface area contributed by atoms with Crippen molar-refractivity contribution in [2.75, 3.05) is 11.9 Å². The van der Waals surface area contributed by atoms with Crippen LogP contribution in [-0.4, -0.2) is 17.7 Å². The Morgan fingerprint density at radius 3 is 2.82 bits per heavy atom. The van der Waals surface area contributed by atoms with Gasteiger partial charge in [0, 0.05) is 11.7 Å². The van der Waals surface area contributed by atoms with Crippen molar-refractivity contribution in [1.29, 1.82) is 0 Å². The van der Waals surface area contributed by atoms with Crippen LogP contribution in [0.1, 0.15) is 31.2 Å². The number of phenolic OH excluding ortho intramolecular Hbond substituents is 1. The molecule has 1 aromatic carbocycles. The van der Waals surface area contributed by atoms with E-state index in [1.807, 2.05) is 13.0 Å². The van der Waals surface area contributed by atoms with Crippen LogP contribution in [0.3, 0.4) is 0 Å². The van der Waals surface area contributed by atoms with Crippen LogP contribution < -0.4 is 11.1 Å². The van der Waals surface area contributed by atoms with Gasteiger partial charge in [0.05, 0.1) is 0 Å². The Morgan fingerprint density at radius 2 is 2.12 bits per heavy atom. The molecule has 1 aromatic rings. The highest BCUT2D eigenvalue weighted by Gasteiger charge is 2.23. The molecule has 94 valence electrons. The quantitative estimate of drug-likeness (QED) is 0.705. The minimum absolute atomic E-state index is 0.326. The van der Waals surface area contributed by atoms with Gasteiger partial charge in [-0.15, -0.1) is 0 Å². The Morgan fingerprint density at radius 1 is 1.35 bits per heavy atom. The number of nitrogens with two attached hydrogens (primary N) is 1. The molecule has 0 spiro atoms. The van der Waals surface area contributed by atoms with E-state index < -0.39 is 0 Å². The summed E-state index contributed by atoms with van der Waals surface area (Å²) in [5.41, 5.74) is 8.04. The average Bonchev–Trinajstić information content (AvgIpc) is 2.33. The third-order valence-electron chi connectivity index (χ3n) is 3.76. The first kappa shape index (κ1) is 12.2. The van der Waals surface area contributed by atoms with Gasteiger partial charge in [-0.25, -0.2) is 0 Å². The molecule has 17 heavy (non-hydrogen) atoms. The predicted molar refractivity (Wildman–Crippen MR) is 71.3 cm³/mol. The zero-order valence-electron chi connectivity index (χ0n) is 10.4. The van der Waals surface area contributed by atoms with Gasteiger partial charge in [-0.1, -0.05) is 12.8 Å².